The number of nitriles is 1. The maximum atomic E-state index is 12.9. The van der Waals surface area contributed by atoms with Gasteiger partial charge < -0.3 is 5.73 Å². The molecule has 0 aliphatic carbocycles. The molecule has 0 saturated carbocycles. The summed E-state index contributed by atoms with van der Waals surface area (Å²) < 4.78 is 76.2. The molecule has 1 aromatic carbocycles. The number of hydrogen-bond acceptors (Lipinski definition) is 3. The first kappa shape index (κ1) is 18.8. The number of nitrogens with one attached hydrogen (secondary N) is 1. The summed E-state index contributed by atoms with van der Waals surface area (Å²) in [6.45, 7) is 0.699. The fraction of sp³-hybridized carbons (Fsp3) is 0.385. The average Bonchev–Trinajstić information content (AvgIpc) is 2.41. The molecule has 0 saturated heterocycles. The number of primary amides is 1. The van der Waals surface area contributed by atoms with E-state index in [2.05, 4.69) is 0 Å². The molecule has 126 valence electrons. The van der Waals surface area contributed by atoms with Crippen LogP contribution < -0.4 is 11.1 Å². The Hall–Kier alpha value is -2.28. The van der Waals surface area contributed by atoms with E-state index in [9.17, 15) is 31.1 Å². The number of halogens is 6. The first-order valence-electron chi connectivity index (χ1n) is 6.11. The Kier molecular flexibility index (Phi) is 5.27. The molecule has 0 aromatic heterocycles. The molecule has 1 rings (SSSR count). The Balaban J connectivity index is 3.30. The molecule has 4 nitrogen and oxygen atoms in total. The molecule has 1 amide bonds. The Morgan fingerprint density at radius 3 is 2.22 bits per heavy atom. The molecule has 10 heteroatoms. The van der Waals surface area contributed by atoms with Crippen molar-refractivity contribution >= 4 is 5.91 Å². The normalized spacial score (nSPS) is 14.9. The van der Waals surface area contributed by atoms with Crippen molar-refractivity contribution in [3.8, 4) is 6.07 Å². The lowest BCUT2D eigenvalue weighted by atomic mass is 9.98. The van der Waals surface area contributed by atoms with Gasteiger partial charge in [-0.15, -0.1) is 0 Å². The Bertz CT molecular complexity index is 632. The third-order valence-corrected chi connectivity index (χ3v) is 2.99. The van der Waals surface area contributed by atoms with Gasteiger partial charge in [-0.1, -0.05) is 6.07 Å². The standard InChI is InChI=1S/C13H11F6N3O/c1-6(12(14,15)16)22-10(11(21)23)7-2-3-8(5-20)9(4-7)13(17,18)19/h2-4,6,10,22H,1H3,(H2,21,23). The molecule has 2 atom stereocenters. The van der Waals surface area contributed by atoms with Gasteiger partial charge in [0.25, 0.3) is 0 Å². The highest BCUT2D eigenvalue weighted by molar-refractivity contribution is 5.81. The molecule has 1 aromatic rings. The van der Waals surface area contributed by atoms with Crippen LogP contribution in [0.1, 0.15) is 29.7 Å². The van der Waals surface area contributed by atoms with Gasteiger partial charge in [0, 0.05) is 0 Å². The van der Waals surface area contributed by atoms with Crippen molar-refractivity contribution in [2.24, 2.45) is 5.73 Å². The zero-order chi connectivity index (χ0) is 18.0. The minimum Gasteiger partial charge on any atom is -0.368 e. The Labute approximate surface area is 126 Å². The highest BCUT2D eigenvalue weighted by Crippen LogP contribution is 2.34. The lowest BCUT2D eigenvalue weighted by molar-refractivity contribution is -0.154. The quantitative estimate of drug-likeness (QED) is 0.828. The number of amides is 1. The number of benzene rings is 1. The van der Waals surface area contributed by atoms with E-state index in [1.54, 1.807) is 0 Å². The van der Waals surface area contributed by atoms with E-state index in [4.69, 9.17) is 11.0 Å². The van der Waals surface area contributed by atoms with Gasteiger partial charge in [-0.2, -0.15) is 31.6 Å². The van der Waals surface area contributed by atoms with Gasteiger partial charge in [0.15, 0.2) is 0 Å². The number of alkyl halides is 6. The molecule has 0 aliphatic heterocycles. The largest absolute Gasteiger partial charge is 0.417 e. The molecule has 0 spiro atoms. The van der Waals surface area contributed by atoms with Crippen molar-refractivity contribution in [1.29, 1.82) is 5.26 Å². The number of nitrogens with two attached hydrogens (primary N) is 1. The Morgan fingerprint density at radius 2 is 1.83 bits per heavy atom. The summed E-state index contributed by atoms with van der Waals surface area (Å²) in [6, 6.07) is -0.491. The topological polar surface area (TPSA) is 78.9 Å². The fourth-order valence-corrected chi connectivity index (χ4v) is 1.76. The number of hydrogen-bond donors (Lipinski definition) is 2. The third kappa shape index (κ3) is 4.59. The minimum absolute atomic E-state index is 0.417. The van der Waals surface area contributed by atoms with E-state index in [1.165, 1.54) is 6.07 Å². The second-order valence-electron chi connectivity index (χ2n) is 4.68. The summed E-state index contributed by atoms with van der Waals surface area (Å²) in [4.78, 5) is 11.3. The monoisotopic (exact) mass is 339 g/mol. The van der Waals surface area contributed by atoms with Crippen LogP contribution in [-0.4, -0.2) is 18.1 Å². The molecule has 3 N–H and O–H groups in total. The van der Waals surface area contributed by atoms with Gasteiger partial charge in [-0.3, -0.25) is 10.1 Å². The van der Waals surface area contributed by atoms with Crippen molar-refractivity contribution in [2.75, 3.05) is 0 Å². The summed E-state index contributed by atoms with van der Waals surface area (Å²) >= 11 is 0. The third-order valence-electron chi connectivity index (χ3n) is 2.99. The molecule has 0 heterocycles. The SMILES string of the molecule is CC(NC(C(N)=O)c1ccc(C#N)c(C(F)(F)F)c1)C(F)(F)F. The highest BCUT2D eigenvalue weighted by atomic mass is 19.4. The zero-order valence-corrected chi connectivity index (χ0v) is 11.6. The van der Waals surface area contributed by atoms with Gasteiger partial charge >= 0.3 is 12.4 Å². The second-order valence-corrected chi connectivity index (χ2v) is 4.68. The summed E-state index contributed by atoms with van der Waals surface area (Å²) in [5.74, 6) is -1.28. The van der Waals surface area contributed by atoms with Gasteiger partial charge in [0.2, 0.25) is 5.91 Å². The van der Waals surface area contributed by atoms with Crippen LogP contribution in [-0.2, 0) is 11.0 Å². The summed E-state index contributed by atoms with van der Waals surface area (Å²) in [7, 11) is 0. The number of carbonyl (C=O) groups is 1. The molecule has 2 unspecified atom stereocenters. The maximum absolute atomic E-state index is 12.9. The van der Waals surface area contributed by atoms with Crippen LogP contribution in [0.15, 0.2) is 18.2 Å². The van der Waals surface area contributed by atoms with Crippen molar-refractivity contribution in [1.82, 2.24) is 5.32 Å². The molecule has 0 radical (unpaired) electrons. The summed E-state index contributed by atoms with van der Waals surface area (Å²) in [6.07, 6.45) is -9.62. The zero-order valence-electron chi connectivity index (χ0n) is 11.6. The van der Waals surface area contributed by atoms with Crippen LogP contribution in [0.2, 0.25) is 0 Å². The number of carbonyl (C=O) groups excluding carboxylic acids is 1. The molecule has 0 fully saturated rings. The van der Waals surface area contributed by atoms with E-state index in [-0.39, 0.29) is 0 Å². The van der Waals surface area contributed by atoms with Crippen molar-refractivity contribution in [2.45, 2.75) is 31.4 Å². The second kappa shape index (κ2) is 6.45. The lowest BCUT2D eigenvalue weighted by Crippen LogP contribution is -2.45. The smallest absolute Gasteiger partial charge is 0.368 e. The molecule has 0 bridgehead atoms. The van der Waals surface area contributed by atoms with Crippen LogP contribution >= 0.6 is 0 Å². The van der Waals surface area contributed by atoms with E-state index in [1.807, 2.05) is 5.32 Å². The van der Waals surface area contributed by atoms with Gasteiger partial charge in [-0.25, -0.2) is 0 Å². The van der Waals surface area contributed by atoms with Gasteiger partial charge in [0.05, 0.1) is 17.2 Å². The van der Waals surface area contributed by atoms with Crippen LogP contribution in [0.4, 0.5) is 26.3 Å². The Morgan fingerprint density at radius 1 is 1.26 bits per heavy atom. The molecule has 23 heavy (non-hydrogen) atoms. The average molecular weight is 339 g/mol. The van der Waals surface area contributed by atoms with E-state index in [0.717, 1.165) is 12.1 Å². The van der Waals surface area contributed by atoms with E-state index < -0.39 is 47.0 Å². The first-order chi connectivity index (χ1) is 10.4. The van der Waals surface area contributed by atoms with E-state index >= 15 is 0 Å². The highest BCUT2D eigenvalue weighted by Gasteiger charge is 2.39. The van der Waals surface area contributed by atoms with E-state index in [0.29, 0.717) is 13.0 Å². The van der Waals surface area contributed by atoms with Gasteiger partial charge in [0.1, 0.15) is 12.1 Å². The molecule has 0 aliphatic rings. The molecular weight excluding hydrogens is 328 g/mol. The summed E-state index contributed by atoms with van der Waals surface area (Å²) in [5, 5.41) is 10.5. The summed E-state index contributed by atoms with van der Waals surface area (Å²) in [5.41, 5.74) is 2.49. The van der Waals surface area contributed by atoms with Crippen LogP contribution in [0, 0.1) is 11.3 Å². The van der Waals surface area contributed by atoms with Crippen molar-refractivity contribution < 1.29 is 31.1 Å². The van der Waals surface area contributed by atoms with Crippen molar-refractivity contribution in [3.63, 3.8) is 0 Å². The van der Waals surface area contributed by atoms with Crippen LogP contribution in [0.5, 0.6) is 0 Å². The fourth-order valence-electron chi connectivity index (χ4n) is 1.76. The van der Waals surface area contributed by atoms with Crippen LogP contribution in [0.25, 0.3) is 0 Å². The predicted molar refractivity (Wildman–Crippen MR) is 66.7 cm³/mol. The minimum atomic E-state index is -4.90. The lowest BCUT2D eigenvalue weighted by Gasteiger charge is -2.24. The predicted octanol–water partition coefficient (Wildman–Crippen LogP) is 2.64. The van der Waals surface area contributed by atoms with Crippen molar-refractivity contribution in [3.05, 3.63) is 34.9 Å². The number of nitrogens with zero attached hydrogens (tertiary/aromatic N) is 1. The van der Waals surface area contributed by atoms with Gasteiger partial charge in [-0.05, 0) is 24.6 Å². The maximum Gasteiger partial charge on any atom is 0.417 e. The first-order valence-corrected chi connectivity index (χ1v) is 6.11. The number of rotatable bonds is 4. The molecular formula is C13H11F6N3O. The van der Waals surface area contributed by atoms with Crippen LogP contribution in [0.3, 0.4) is 0 Å².